The van der Waals surface area contributed by atoms with Crippen molar-refractivity contribution in [3.63, 3.8) is 0 Å². The molecule has 2 N–H and O–H groups in total. The van der Waals surface area contributed by atoms with Crippen LogP contribution in [0.4, 0.5) is 0 Å². The van der Waals surface area contributed by atoms with Gasteiger partial charge in [-0.3, -0.25) is 4.90 Å². The van der Waals surface area contributed by atoms with E-state index < -0.39 is 10.2 Å². The standard InChI is InChI=1S/C19H25N3O2S/c1-16(14-22-12-11-18-9-5-6-10-19(18)15-22)21-25(23,24)20-13-17-7-3-2-4-8-17/h2-10,16,20-21H,11-15H2,1H3. The number of fused-ring (bicyclic) bond motifs is 1. The SMILES string of the molecule is CC(CN1CCc2ccccc2C1)NS(=O)(=O)NCc1ccccc1. The Morgan fingerprint density at radius 3 is 2.48 bits per heavy atom. The lowest BCUT2D eigenvalue weighted by Crippen LogP contribution is -2.47. The molecule has 25 heavy (non-hydrogen) atoms. The third-order valence-electron chi connectivity index (χ3n) is 4.41. The molecule has 134 valence electrons. The van der Waals surface area contributed by atoms with Crippen molar-refractivity contribution in [3.05, 3.63) is 71.3 Å². The minimum absolute atomic E-state index is 0.154. The van der Waals surface area contributed by atoms with Gasteiger partial charge in [0.2, 0.25) is 0 Å². The van der Waals surface area contributed by atoms with Crippen LogP contribution in [0.5, 0.6) is 0 Å². The number of hydrogen-bond acceptors (Lipinski definition) is 3. The fourth-order valence-corrected chi connectivity index (χ4v) is 4.26. The second-order valence-electron chi connectivity index (χ2n) is 6.58. The van der Waals surface area contributed by atoms with E-state index in [0.717, 1.165) is 25.1 Å². The van der Waals surface area contributed by atoms with Gasteiger partial charge < -0.3 is 0 Å². The first kappa shape index (κ1) is 18.1. The lowest BCUT2D eigenvalue weighted by atomic mass is 10.00. The smallest absolute Gasteiger partial charge is 0.277 e. The molecule has 0 saturated heterocycles. The molecule has 1 unspecified atom stereocenters. The van der Waals surface area contributed by atoms with Gasteiger partial charge in [0.1, 0.15) is 0 Å². The normalized spacial score (nSPS) is 16.4. The quantitative estimate of drug-likeness (QED) is 0.795. The zero-order valence-corrected chi connectivity index (χ0v) is 15.3. The second kappa shape index (κ2) is 8.10. The van der Waals surface area contributed by atoms with Gasteiger partial charge in [0.25, 0.3) is 10.2 Å². The molecule has 5 nitrogen and oxygen atoms in total. The molecule has 0 fully saturated rings. The third kappa shape index (κ3) is 5.37. The highest BCUT2D eigenvalue weighted by Gasteiger charge is 2.20. The zero-order chi connectivity index (χ0) is 17.7. The maximum atomic E-state index is 12.2. The Morgan fingerprint density at radius 2 is 1.72 bits per heavy atom. The van der Waals surface area contributed by atoms with E-state index in [-0.39, 0.29) is 6.04 Å². The summed E-state index contributed by atoms with van der Waals surface area (Å²) in [6.07, 6.45) is 1.02. The van der Waals surface area contributed by atoms with Crippen molar-refractivity contribution in [3.8, 4) is 0 Å². The van der Waals surface area contributed by atoms with Crippen LogP contribution in [-0.2, 0) is 29.7 Å². The monoisotopic (exact) mass is 359 g/mol. The molecule has 1 atom stereocenters. The Kier molecular flexibility index (Phi) is 5.86. The van der Waals surface area contributed by atoms with Gasteiger partial charge in [0.05, 0.1) is 0 Å². The summed E-state index contributed by atoms with van der Waals surface area (Å²) in [5.74, 6) is 0. The third-order valence-corrected chi connectivity index (χ3v) is 5.64. The van der Waals surface area contributed by atoms with Crippen LogP contribution in [0.25, 0.3) is 0 Å². The van der Waals surface area contributed by atoms with E-state index in [1.165, 1.54) is 11.1 Å². The van der Waals surface area contributed by atoms with Crippen LogP contribution < -0.4 is 9.44 Å². The first-order chi connectivity index (χ1) is 12.0. The Balaban J connectivity index is 1.49. The van der Waals surface area contributed by atoms with E-state index in [4.69, 9.17) is 0 Å². The minimum Gasteiger partial charge on any atom is -0.297 e. The van der Waals surface area contributed by atoms with Crippen molar-refractivity contribution >= 4 is 10.2 Å². The van der Waals surface area contributed by atoms with Gasteiger partial charge in [-0.2, -0.15) is 17.9 Å². The van der Waals surface area contributed by atoms with Gasteiger partial charge >= 0.3 is 0 Å². The summed E-state index contributed by atoms with van der Waals surface area (Å²) in [6.45, 7) is 4.73. The Morgan fingerprint density at radius 1 is 1.04 bits per heavy atom. The molecule has 1 heterocycles. The van der Waals surface area contributed by atoms with Gasteiger partial charge in [-0.1, -0.05) is 54.6 Å². The predicted octanol–water partition coefficient (Wildman–Crippen LogP) is 2.06. The fourth-order valence-electron chi connectivity index (χ4n) is 3.22. The maximum Gasteiger partial charge on any atom is 0.277 e. The van der Waals surface area contributed by atoms with Crippen LogP contribution >= 0.6 is 0 Å². The van der Waals surface area contributed by atoms with E-state index in [1.807, 2.05) is 37.3 Å². The average Bonchev–Trinajstić information content (AvgIpc) is 2.60. The summed E-state index contributed by atoms with van der Waals surface area (Å²) in [6, 6.07) is 17.8. The molecule has 1 aliphatic heterocycles. The largest absolute Gasteiger partial charge is 0.297 e. The van der Waals surface area contributed by atoms with Crippen LogP contribution in [0.3, 0.4) is 0 Å². The molecule has 0 spiro atoms. The zero-order valence-electron chi connectivity index (χ0n) is 14.5. The summed E-state index contributed by atoms with van der Waals surface area (Å²) >= 11 is 0. The highest BCUT2D eigenvalue weighted by Crippen LogP contribution is 2.18. The van der Waals surface area contributed by atoms with Crippen LogP contribution in [-0.4, -0.2) is 32.4 Å². The van der Waals surface area contributed by atoms with Crippen molar-refractivity contribution < 1.29 is 8.42 Å². The van der Waals surface area contributed by atoms with Crippen LogP contribution in [0.2, 0.25) is 0 Å². The molecular weight excluding hydrogens is 334 g/mol. The molecule has 0 saturated carbocycles. The first-order valence-corrected chi connectivity index (χ1v) is 10.1. The molecule has 0 bridgehead atoms. The summed E-state index contributed by atoms with van der Waals surface area (Å²) in [5, 5.41) is 0. The molecule has 6 heteroatoms. The van der Waals surface area contributed by atoms with E-state index in [1.54, 1.807) is 0 Å². The fraction of sp³-hybridized carbons (Fsp3) is 0.368. The van der Waals surface area contributed by atoms with Crippen LogP contribution in [0, 0.1) is 0 Å². The number of nitrogens with one attached hydrogen (secondary N) is 2. The first-order valence-electron chi connectivity index (χ1n) is 8.62. The Labute approximate surface area is 150 Å². The van der Waals surface area contributed by atoms with Gasteiger partial charge in [-0.05, 0) is 30.0 Å². The number of benzene rings is 2. The summed E-state index contributed by atoms with van der Waals surface area (Å²) < 4.78 is 29.7. The molecule has 0 amide bonds. The van der Waals surface area contributed by atoms with E-state index in [2.05, 4.69) is 38.6 Å². The van der Waals surface area contributed by atoms with Crippen molar-refractivity contribution in [2.24, 2.45) is 0 Å². The van der Waals surface area contributed by atoms with Crippen LogP contribution in [0.1, 0.15) is 23.6 Å². The molecule has 1 aliphatic rings. The number of nitrogens with zero attached hydrogens (tertiary/aromatic N) is 1. The number of hydrogen-bond donors (Lipinski definition) is 2. The lowest BCUT2D eigenvalue weighted by molar-refractivity contribution is 0.237. The summed E-state index contributed by atoms with van der Waals surface area (Å²) in [5.41, 5.74) is 3.68. The molecule has 0 aliphatic carbocycles. The van der Waals surface area contributed by atoms with Gasteiger partial charge in [0, 0.05) is 32.2 Å². The molecule has 0 aromatic heterocycles. The topological polar surface area (TPSA) is 61.4 Å². The average molecular weight is 359 g/mol. The van der Waals surface area contributed by atoms with E-state index in [0.29, 0.717) is 13.1 Å². The van der Waals surface area contributed by atoms with Crippen molar-refractivity contribution in [1.29, 1.82) is 0 Å². The van der Waals surface area contributed by atoms with Crippen molar-refractivity contribution in [2.75, 3.05) is 13.1 Å². The van der Waals surface area contributed by atoms with Crippen molar-refractivity contribution in [1.82, 2.24) is 14.3 Å². The minimum atomic E-state index is -3.52. The number of rotatable bonds is 7. The lowest BCUT2D eigenvalue weighted by Gasteiger charge is -2.31. The highest BCUT2D eigenvalue weighted by molar-refractivity contribution is 7.87. The Hall–Kier alpha value is -1.73. The summed E-state index contributed by atoms with van der Waals surface area (Å²) in [7, 11) is -3.52. The van der Waals surface area contributed by atoms with Gasteiger partial charge in [-0.25, -0.2) is 0 Å². The van der Waals surface area contributed by atoms with Gasteiger partial charge in [-0.15, -0.1) is 0 Å². The molecule has 2 aromatic carbocycles. The Bertz CT molecular complexity index is 793. The maximum absolute atomic E-state index is 12.2. The molecule has 0 radical (unpaired) electrons. The van der Waals surface area contributed by atoms with Crippen molar-refractivity contribution in [2.45, 2.75) is 32.5 Å². The second-order valence-corrected chi connectivity index (χ2v) is 8.11. The molecule has 2 aromatic rings. The van der Waals surface area contributed by atoms with Gasteiger partial charge in [0.15, 0.2) is 0 Å². The molecular formula is C19H25N3O2S. The summed E-state index contributed by atoms with van der Waals surface area (Å²) in [4.78, 5) is 2.30. The van der Waals surface area contributed by atoms with E-state index >= 15 is 0 Å². The van der Waals surface area contributed by atoms with E-state index in [9.17, 15) is 8.42 Å². The molecule has 3 rings (SSSR count). The van der Waals surface area contributed by atoms with Crippen LogP contribution in [0.15, 0.2) is 54.6 Å². The highest BCUT2D eigenvalue weighted by atomic mass is 32.2. The predicted molar refractivity (Wildman–Crippen MR) is 100 cm³/mol.